The lowest BCUT2D eigenvalue weighted by Crippen LogP contribution is -2.24. The third-order valence-electron chi connectivity index (χ3n) is 2.87. The van der Waals surface area contributed by atoms with Crippen LogP contribution >= 0.6 is 15.9 Å². The highest BCUT2D eigenvalue weighted by molar-refractivity contribution is 9.10. The second kappa shape index (κ2) is 5.64. The topological polar surface area (TPSA) is 46.2 Å². The Morgan fingerprint density at radius 1 is 1.47 bits per heavy atom. The van der Waals surface area contributed by atoms with E-state index in [9.17, 15) is 5.11 Å². The third kappa shape index (κ3) is 3.03. The molecule has 2 unspecified atom stereocenters. The summed E-state index contributed by atoms with van der Waals surface area (Å²) in [6.45, 7) is 4.24. The molecule has 0 radical (unpaired) electrons. The van der Waals surface area contributed by atoms with Crippen molar-refractivity contribution < 1.29 is 5.11 Å². The molecule has 1 aromatic carbocycles. The minimum absolute atomic E-state index is 0.0856. The fourth-order valence-corrected chi connectivity index (χ4v) is 2.10. The van der Waals surface area contributed by atoms with Crippen molar-refractivity contribution >= 4 is 15.9 Å². The van der Waals surface area contributed by atoms with Crippen molar-refractivity contribution in [1.82, 2.24) is 0 Å². The van der Waals surface area contributed by atoms with Gasteiger partial charge in [-0.25, -0.2) is 0 Å². The van der Waals surface area contributed by atoms with E-state index in [-0.39, 0.29) is 18.6 Å². The number of hydrogen-bond donors (Lipinski definition) is 2. The number of hydrogen-bond acceptors (Lipinski definition) is 2. The van der Waals surface area contributed by atoms with E-state index in [1.165, 1.54) is 5.56 Å². The highest BCUT2D eigenvalue weighted by atomic mass is 79.9. The molecule has 0 spiro atoms. The number of rotatable bonds is 4. The first-order valence-electron chi connectivity index (χ1n) is 5.22. The number of benzene rings is 1. The van der Waals surface area contributed by atoms with Gasteiger partial charge in [0, 0.05) is 23.0 Å². The minimum atomic E-state index is -0.0856. The Labute approximate surface area is 99.6 Å². The number of aryl methyl sites for hydroxylation is 1. The average Bonchev–Trinajstić information content (AvgIpc) is 2.23. The Morgan fingerprint density at radius 3 is 2.67 bits per heavy atom. The predicted octanol–water partition coefficient (Wildman–Crippen LogP) is 2.78. The van der Waals surface area contributed by atoms with Gasteiger partial charge in [0.2, 0.25) is 0 Å². The van der Waals surface area contributed by atoms with Gasteiger partial charge in [-0.1, -0.05) is 28.9 Å². The van der Waals surface area contributed by atoms with E-state index in [1.807, 2.05) is 32.0 Å². The van der Waals surface area contributed by atoms with E-state index in [2.05, 4.69) is 15.9 Å². The Kier molecular flexibility index (Phi) is 4.77. The molecule has 0 aliphatic heterocycles. The molecule has 0 aliphatic carbocycles. The Balaban J connectivity index is 2.98. The van der Waals surface area contributed by atoms with Gasteiger partial charge < -0.3 is 10.8 Å². The molecule has 0 aromatic heterocycles. The van der Waals surface area contributed by atoms with Crippen molar-refractivity contribution in [3.63, 3.8) is 0 Å². The molecular formula is C12H18BrNO. The predicted molar refractivity (Wildman–Crippen MR) is 66.7 cm³/mol. The van der Waals surface area contributed by atoms with Crippen LogP contribution in [0.25, 0.3) is 0 Å². The SMILES string of the molecule is CCC(CO)C(N)c1cc(Br)ccc1C. The van der Waals surface area contributed by atoms with Crippen molar-refractivity contribution in [2.75, 3.05) is 6.61 Å². The van der Waals surface area contributed by atoms with Crippen molar-refractivity contribution in [3.8, 4) is 0 Å². The molecule has 2 atom stereocenters. The van der Waals surface area contributed by atoms with E-state index in [0.29, 0.717) is 0 Å². The van der Waals surface area contributed by atoms with Crippen molar-refractivity contribution in [1.29, 1.82) is 0 Å². The van der Waals surface area contributed by atoms with Gasteiger partial charge in [0.15, 0.2) is 0 Å². The van der Waals surface area contributed by atoms with Crippen LogP contribution in [0.15, 0.2) is 22.7 Å². The average molecular weight is 272 g/mol. The highest BCUT2D eigenvalue weighted by Gasteiger charge is 2.18. The van der Waals surface area contributed by atoms with E-state index in [1.54, 1.807) is 0 Å². The van der Waals surface area contributed by atoms with E-state index >= 15 is 0 Å². The maximum absolute atomic E-state index is 9.23. The number of aliphatic hydroxyl groups is 1. The molecule has 2 nitrogen and oxygen atoms in total. The van der Waals surface area contributed by atoms with Gasteiger partial charge >= 0.3 is 0 Å². The monoisotopic (exact) mass is 271 g/mol. The second-order valence-corrected chi connectivity index (χ2v) is 4.79. The molecular weight excluding hydrogens is 254 g/mol. The Morgan fingerprint density at radius 2 is 2.13 bits per heavy atom. The first kappa shape index (κ1) is 12.7. The van der Waals surface area contributed by atoms with E-state index < -0.39 is 0 Å². The van der Waals surface area contributed by atoms with Crippen LogP contribution in [0.4, 0.5) is 0 Å². The summed E-state index contributed by atoms with van der Waals surface area (Å²) in [6, 6.07) is 6.00. The van der Waals surface area contributed by atoms with Gasteiger partial charge in [-0.15, -0.1) is 0 Å². The minimum Gasteiger partial charge on any atom is -0.396 e. The summed E-state index contributed by atoms with van der Waals surface area (Å²) < 4.78 is 1.03. The number of nitrogens with two attached hydrogens (primary N) is 1. The molecule has 0 aliphatic rings. The lowest BCUT2D eigenvalue weighted by Gasteiger charge is -2.22. The number of aliphatic hydroxyl groups excluding tert-OH is 1. The first-order chi connectivity index (χ1) is 7.10. The molecule has 3 heteroatoms. The maximum Gasteiger partial charge on any atom is 0.0477 e. The van der Waals surface area contributed by atoms with Crippen LogP contribution < -0.4 is 5.73 Å². The third-order valence-corrected chi connectivity index (χ3v) is 3.36. The summed E-state index contributed by atoms with van der Waals surface area (Å²) in [5.41, 5.74) is 8.44. The highest BCUT2D eigenvalue weighted by Crippen LogP contribution is 2.27. The van der Waals surface area contributed by atoms with Crippen LogP contribution in [0, 0.1) is 12.8 Å². The summed E-state index contributed by atoms with van der Waals surface area (Å²) in [4.78, 5) is 0. The van der Waals surface area contributed by atoms with Gasteiger partial charge in [0.1, 0.15) is 0 Å². The molecule has 1 rings (SSSR count). The fourth-order valence-electron chi connectivity index (χ4n) is 1.72. The normalized spacial score (nSPS) is 15.0. The molecule has 3 N–H and O–H groups in total. The van der Waals surface area contributed by atoms with Gasteiger partial charge in [-0.2, -0.15) is 0 Å². The number of halogens is 1. The summed E-state index contributed by atoms with van der Waals surface area (Å²) in [6.07, 6.45) is 0.892. The summed E-state index contributed by atoms with van der Waals surface area (Å²) >= 11 is 3.44. The molecule has 0 bridgehead atoms. The Bertz CT molecular complexity index is 323. The van der Waals surface area contributed by atoms with Crippen LogP contribution in [0.5, 0.6) is 0 Å². The van der Waals surface area contributed by atoms with Crippen molar-refractivity contribution in [2.45, 2.75) is 26.3 Å². The van der Waals surface area contributed by atoms with E-state index in [4.69, 9.17) is 5.73 Å². The van der Waals surface area contributed by atoms with Gasteiger partial charge in [-0.3, -0.25) is 0 Å². The first-order valence-corrected chi connectivity index (χ1v) is 6.02. The summed E-state index contributed by atoms with van der Waals surface area (Å²) in [5, 5.41) is 9.23. The van der Waals surface area contributed by atoms with Crippen LogP contribution in [0.1, 0.15) is 30.5 Å². The standard InChI is InChI=1S/C12H18BrNO/c1-3-9(7-15)12(14)11-6-10(13)5-4-8(11)2/h4-6,9,12,15H,3,7,14H2,1-2H3. The smallest absolute Gasteiger partial charge is 0.0477 e. The van der Waals surface area contributed by atoms with Gasteiger partial charge in [-0.05, 0) is 36.6 Å². The molecule has 0 saturated carbocycles. The Hall–Kier alpha value is -0.380. The van der Waals surface area contributed by atoms with Gasteiger partial charge in [0.05, 0.1) is 0 Å². The molecule has 0 heterocycles. The zero-order valence-electron chi connectivity index (χ0n) is 9.20. The van der Waals surface area contributed by atoms with Crippen LogP contribution in [-0.2, 0) is 0 Å². The molecule has 84 valence electrons. The lowest BCUT2D eigenvalue weighted by atomic mass is 9.90. The lowest BCUT2D eigenvalue weighted by molar-refractivity contribution is 0.200. The zero-order valence-corrected chi connectivity index (χ0v) is 10.8. The molecule has 0 fully saturated rings. The van der Waals surface area contributed by atoms with Crippen LogP contribution in [-0.4, -0.2) is 11.7 Å². The fraction of sp³-hybridized carbons (Fsp3) is 0.500. The molecule has 15 heavy (non-hydrogen) atoms. The maximum atomic E-state index is 9.23. The van der Waals surface area contributed by atoms with E-state index in [0.717, 1.165) is 16.5 Å². The molecule has 0 saturated heterocycles. The van der Waals surface area contributed by atoms with Crippen molar-refractivity contribution in [2.24, 2.45) is 11.7 Å². The second-order valence-electron chi connectivity index (χ2n) is 3.88. The largest absolute Gasteiger partial charge is 0.396 e. The summed E-state index contributed by atoms with van der Waals surface area (Å²) in [5.74, 6) is 0.137. The zero-order chi connectivity index (χ0) is 11.4. The molecule has 0 amide bonds. The molecule has 1 aromatic rings. The van der Waals surface area contributed by atoms with Crippen LogP contribution in [0.3, 0.4) is 0 Å². The van der Waals surface area contributed by atoms with Crippen molar-refractivity contribution in [3.05, 3.63) is 33.8 Å². The van der Waals surface area contributed by atoms with Crippen LogP contribution in [0.2, 0.25) is 0 Å². The van der Waals surface area contributed by atoms with Gasteiger partial charge in [0.25, 0.3) is 0 Å². The quantitative estimate of drug-likeness (QED) is 0.885. The summed E-state index contributed by atoms with van der Waals surface area (Å²) in [7, 11) is 0.